The van der Waals surface area contributed by atoms with E-state index in [1.54, 1.807) is 12.4 Å². The van der Waals surface area contributed by atoms with Crippen LogP contribution in [-0.4, -0.2) is 30.0 Å². The molecule has 2 unspecified atom stereocenters. The van der Waals surface area contributed by atoms with E-state index in [0.29, 0.717) is 5.92 Å². The van der Waals surface area contributed by atoms with Gasteiger partial charge in [-0.3, -0.25) is 9.78 Å². The van der Waals surface area contributed by atoms with E-state index < -0.39 is 0 Å². The first-order valence-corrected chi connectivity index (χ1v) is 8.25. The van der Waals surface area contributed by atoms with Crippen molar-refractivity contribution in [1.29, 1.82) is 0 Å². The Labute approximate surface area is 137 Å². The molecule has 23 heavy (non-hydrogen) atoms. The lowest BCUT2D eigenvalue weighted by atomic mass is 9.99. The number of carbonyl (C=O) groups excluding carboxylic acids is 1. The number of anilines is 1. The second-order valence-corrected chi connectivity index (χ2v) is 6.12. The van der Waals surface area contributed by atoms with Gasteiger partial charge in [-0.2, -0.15) is 0 Å². The number of nitrogens with one attached hydrogen (secondary N) is 1. The highest BCUT2D eigenvalue weighted by Gasteiger charge is 2.29. The summed E-state index contributed by atoms with van der Waals surface area (Å²) in [7, 11) is 0. The molecule has 3 rings (SSSR count). The normalized spacial score (nSPS) is 19.6. The Morgan fingerprint density at radius 2 is 2.09 bits per heavy atom. The summed E-state index contributed by atoms with van der Waals surface area (Å²) in [5, 5.41) is 3.46. The molecular formula is C19H23N3O. The molecule has 0 spiro atoms. The molecule has 1 saturated heterocycles. The molecule has 1 aromatic heterocycles. The summed E-state index contributed by atoms with van der Waals surface area (Å²) >= 11 is 0. The fraction of sp³-hybridized carbons (Fsp3) is 0.368. The number of hydrogen-bond acceptors (Lipinski definition) is 3. The third kappa shape index (κ3) is 3.77. The number of hydrogen-bond donors (Lipinski definition) is 1. The summed E-state index contributed by atoms with van der Waals surface area (Å²) in [4.78, 5) is 18.7. The Morgan fingerprint density at radius 1 is 1.26 bits per heavy atom. The van der Waals surface area contributed by atoms with Crippen molar-refractivity contribution in [3.63, 3.8) is 0 Å². The summed E-state index contributed by atoms with van der Waals surface area (Å²) in [6.07, 6.45) is 5.40. The second-order valence-electron chi connectivity index (χ2n) is 6.12. The zero-order valence-electron chi connectivity index (χ0n) is 13.5. The van der Waals surface area contributed by atoms with Crippen LogP contribution >= 0.6 is 0 Å². The maximum atomic E-state index is 12.7. The van der Waals surface area contributed by atoms with Gasteiger partial charge in [-0.15, -0.1) is 0 Å². The number of benzene rings is 1. The van der Waals surface area contributed by atoms with E-state index in [1.807, 2.05) is 23.1 Å². The molecule has 1 fully saturated rings. The van der Waals surface area contributed by atoms with Crippen molar-refractivity contribution in [2.24, 2.45) is 0 Å². The molecule has 1 aromatic carbocycles. The van der Waals surface area contributed by atoms with Gasteiger partial charge in [0.05, 0.1) is 17.9 Å². The lowest BCUT2D eigenvalue weighted by Gasteiger charge is -2.33. The van der Waals surface area contributed by atoms with Crippen LogP contribution in [0.15, 0.2) is 54.9 Å². The molecule has 0 saturated carbocycles. The van der Waals surface area contributed by atoms with Crippen LogP contribution in [0.3, 0.4) is 0 Å². The average Bonchev–Trinajstić information content (AvgIpc) is 2.62. The van der Waals surface area contributed by atoms with Gasteiger partial charge in [0.25, 0.3) is 0 Å². The van der Waals surface area contributed by atoms with E-state index in [0.717, 1.165) is 31.6 Å². The van der Waals surface area contributed by atoms with Crippen molar-refractivity contribution < 1.29 is 4.79 Å². The predicted molar refractivity (Wildman–Crippen MR) is 92.5 cm³/mol. The Hall–Kier alpha value is -2.20. The highest BCUT2D eigenvalue weighted by Crippen LogP contribution is 2.21. The fourth-order valence-electron chi connectivity index (χ4n) is 3.05. The zero-order valence-corrected chi connectivity index (χ0v) is 13.5. The molecule has 0 bridgehead atoms. The molecule has 1 aliphatic heterocycles. The van der Waals surface area contributed by atoms with Crippen LogP contribution in [-0.2, 0) is 4.79 Å². The average molecular weight is 309 g/mol. The molecule has 4 nitrogen and oxygen atoms in total. The van der Waals surface area contributed by atoms with Gasteiger partial charge in [0.1, 0.15) is 0 Å². The monoisotopic (exact) mass is 309 g/mol. The van der Waals surface area contributed by atoms with Crippen molar-refractivity contribution >= 4 is 11.6 Å². The molecule has 2 atom stereocenters. The lowest BCUT2D eigenvalue weighted by Crippen LogP contribution is -2.51. The summed E-state index contributed by atoms with van der Waals surface area (Å²) in [5.74, 6) is 0.544. The molecule has 1 N–H and O–H groups in total. The topological polar surface area (TPSA) is 45.2 Å². The molecular weight excluding hydrogens is 286 g/mol. The number of pyridine rings is 1. The fourth-order valence-corrected chi connectivity index (χ4v) is 3.05. The number of nitrogens with zero attached hydrogens (tertiary/aromatic N) is 2. The summed E-state index contributed by atoms with van der Waals surface area (Å²) in [6, 6.07) is 14.1. The first-order chi connectivity index (χ1) is 11.3. The lowest BCUT2D eigenvalue weighted by molar-refractivity contribution is -0.121. The zero-order chi connectivity index (χ0) is 16.1. The van der Waals surface area contributed by atoms with Gasteiger partial charge in [0.15, 0.2) is 0 Å². The first-order valence-electron chi connectivity index (χ1n) is 8.25. The highest BCUT2D eigenvalue weighted by atomic mass is 16.2. The van der Waals surface area contributed by atoms with Crippen LogP contribution in [0.1, 0.15) is 31.2 Å². The summed E-state index contributed by atoms with van der Waals surface area (Å²) < 4.78 is 0. The van der Waals surface area contributed by atoms with Gasteiger partial charge < -0.3 is 10.2 Å². The second kappa shape index (κ2) is 7.38. The van der Waals surface area contributed by atoms with E-state index in [9.17, 15) is 4.79 Å². The van der Waals surface area contributed by atoms with E-state index in [-0.39, 0.29) is 11.9 Å². The van der Waals surface area contributed by atoms with E-state index in [4.69, 9.17) is 0 Å². The Morgan fingerprint density at radius 3 is 2.83 bits per heavy atom. The molecule has 0 radical (unpaired) electrons. The Bertz CT molecular complexity index is 630. The summed E-state index contributed by atoms with van der Waals surface area (Å²) in [5.41, 5.74) is 2.19. The maximum absolute atomic E-state index is 12.7. The minimum absolute atomic E-state index is 0.102. The molecule has 1 aliphatic rings. The number of piperidine rings is 1. The molecule has 0 aliphatic carbocycles. The molecule has 4 heteroatoms. The quantitative estimate of drug-likeness (QED) is 0.923. The molecule has 2 aromatic rings. The standard InChI is InChI=1S/C19H23N3O/c1-15(16-7-3-2-4-8-16)13-21-18-10-6-12-22(19(18)23)17-9-5-11-20-14-17/h2-5,7-9,11,14-15,18,21H,6,10,12-13H2,1H3. The van der Waals surface area contributed by atoms with Gasteiger partial charge in [0, 0.05) is 19.3 Å². The Balaban J connectivity index is 1.61. The SMILES string of the molecule is CC(CNC1CCCN(c2cccnc2)C1=O)c1ccccc1. The van der Waals surface area contributed by atoms with Gasteiger partial charge in [-0.25, -0.2) is 0 Å². The maximum Gasteiger partial charge on any atom is 0.244 e. The van der Waals surface area contributed by atoms with Crippen LogP contribution in [0.25, 0.3) is 0 Å². The van der Waals surface area contributed by atoms with Gasteiger partial charge in [-0.1, -0.05) is 37.3 Å². The largest absolute Gasteiger partial charge is 0.310 e. The van der Waals surface area contributed by atoms with Gasteiger partial charge >= 0.3 is 0 Å². The van der Waals surface area contributed by atoms with E-state index in [2.05, 4.69) is 41.5 Å². The van der Waals surface area contributed by atoms with Crippen molar-refractivity contribution in [2.45, 2.75) is 31.7 Å². The molecule has 1 amide bonds. The summed E-state index contributed by atoms with van der Waals surface area (Å²) in [6.45, 7) is 3.77. The Kier molecular flexibility index (Phi) is 5.03. The third-order valence-electron chi connectivity index (χ3n) is 4.44. The smallest absolute Gasteiger partial charge is 0.244 e. The van der Waals surface area contributed by atoms with Crippen LogP contribution in [0.4, 0.5) is 5.69 Å². The predicted octanol–water partition coefficient (Wildman–Crippen LogP) is 2.97. The van der Waals surface area contributed by atoms with Crippen LogP contribution < -0.4 is 10.2 Å². The minimum atomic E-state index is -0.102. The van der Waals surface area contributed by atoms with Gasteiger partial charge in [-0.05, 0) is 36.5 Å². The van der Waals surface area contributed by atoms with Crippen molar-refractivity contribution in [1.82, 2.24) is 10.3 Å². The highest BCUT2D eigenvalue weighted by molar-refractivity contribution is 5.97. The number of carbonyl (C=O) groups is 1. The van der Waals surface area contributed by atoms with Crippen molar-refractivity contribution in [3.8, 4) is 0 Å². The van der Waals surface area contributed by atoms with Gasteiger partial charge in [0.2, 0.25) is 5.91 Å². The number of amides is 1. The van der Waals surface area contributed by atoms with Crippen molar-refractivity contribution in [3.05, 3.63) is 60.4 Å². The van der Waals surface area contributed by atoms with Crippen LogP contribution in [0.2, 0.25) is 0 Å². The number of aromatic nitrogens is 1. The van der Waals surface area contributed by atoms with Crippen LogP contribution in [0.5, 0.6) is 0 Å². The van der Waals surface area contributed by atoms with Crippen LogP contribution in [0, 0.1) is 0 Å². The van der Waals surface area contributed by atoms with Crippen molar-refractivity contribution in [2.75, 3.05) is 18.0 Å². The van der Waals surface area contributed by atoms with E-state index >= 15 is 0 Å². The van der Waals surface area contributed by atoms with E-state index in [1.165, 1.54) is 5.56 Å². The molecule has 2 heterocycles. The minimum Gasteiger partial charge on any atom is -0.310 e. The third-order valence-corrected chi connectivity index (χ3v) is 4.44. The first kappa shape index (κ1) is 15.7. The molecule has 120 valence electrons. The number of rotatable bonds is 5.